The highest BCUT2D eigenvalue weighted by Crippen LogP contribution is 2.79. The summed E-state index contributed by atoms with van der Waals surface area (Å²) in [4.78, 5) is 84.6. The highest BCUT2D eigenvalue weighted by Gasteiger charge is 2.60. The average Bonchev–Trinajstić information content (AvgIpc) is 2.87. The van der Waals surface area contributed by atoms with Crippen LogP contribution in [0.1, 0.15) is 80.1 Å². The van der Waals surface area contributed by atoms with E-state index in [1.165, 1.54) is 41.5 Å². The van der Waals surface area contributed by atoms with Crippen LogP contribution in [-0.4, -0.2) is 45.0 Å². The van der Waals surface area contributed by atoms with E-state index in [2.05, 4.69) is 4.52 Å². The van der Waals surface area contributed by atoms with Gasteiger partial charge in [0, 0.05) is 47.7 Å². The number of carbonyl (C=O) groups is 6. The lowest BCUT2D eigenvalue weighted by Crippen LogP contribution is -2.35. The van der Waals surface area contributed by atoms with Gasteiger partial charge in [-0.1, -0.05) is 41.5 Å². The van der Waals surface area contributed by atoms with Gasteiger partial charge in [0.25, 0.3) is 0 Å². The highest BCUT2D eigenvalue weighted by molar-refractivity contribution is 7.78. The number of hydrogen-bond donors (Lipinski definition) is 0. The second-order valence-corrected chi connectivity index (χ2v) is 12.0. The van der Waals surface area contributed by atoms with E-state index in [0.717, 1.165) is 0 Å². The lowest BCUT2D eigenvalue weighted by atomic mass is 10.5. The summed E-state index contributed by atoms with van der Waals surface area (Å²) in [5, 5.41) is 0. The molecule has 0 N–H and O–H groups in total. The van der Waals surface area contributed by atoms with Crippen molar-refractivity contribution in [2.75, 3.05) is 0 Å². The molecule has 0 aromatic rings. The Morgan fingerprint density at radius 2 is 1.03 bits per heavy atom. The van der Waals surface area contributed by atoms with Crippen molar-refractivity contribution in [3.8, 4) is 0 Å². The minimum absolute atomic E-state index is 0.125. The van der Waals surface area contributed by atoms with Gasteiger partial charge in [0.1, 0.15) is 0 Å². The highest BCUT2D eigenvalue weighted by atomic mass is 31.3. The van der Waals surface area contributed by atoms with Crippen LogP contribution in [0.2, 0.25) is 0 Å². The van der Waals surface area contributed by atoms with Gasteiger partial charge in [-0.15, -0.1) is 4.52 Å². The molecule has 0 amide bonds. The van der Waals surface area contributed by atoms with Crippen LogP contribution in [0.3, 0.4) is 0 Å². The normalized spacial score (nSPS) is 19.3. The molecule has 0 saturated heterocycles. The molecule has 1 aliphatic rings. The van der Waals surface area contributed by atoms with E-state index < -0.39 is 60.4 Å². The third kappa shape index (κ3) is 8.74. The van der Waals surface area contributed by atoms with Crippen LogP contribution in [-0.2, 0) is 56.5 Å². The van der Waals surface area contributed by atoms with Crippen LogP contribution in [0.5, 0.6) is 0 Å². The van der Waals surface area contributed by atoms with Crippen molar-refractivity contribution in [3.63, 3.8) is 0 Å². The van der Waals surface area contributed by atoms with E-state index in [1.807, 2.05) is 0 Å². The molecule has 36 heavy (non-hydrogen) atoms. The minimum Gasteiger partial charge on any atom is -0.408 e. The molecule has 2 unspecified atom stereocenters. The van der Waals surface area contributed by atoms with Crippen molar-refractivity contribution in [1.82, 2.24) is 9.21 Å². The zero-order valence-corrected chi connectivity index (χ0v) is 23.5. The molecule has 1 aliphatic heterocycles. The number of nitrogens with zero attached hydrogens (tertiary/aromatic N) is 3. The van der Waals surface area contributed by atoms with Gasteiger partial charge in [-0.05, 0) is 0 Å². The largest absolute Gasteiger partial charge is 0.451 e. The number of rotatable bonds is 12. The Morgan fingerprint density at radius 1 is 0.611 bits per heavy atom. The Bertz CT molecular complexity index is 893. The standard InChI is InChI=1S/C18H30N3O12P3/c1-7-13(22)28-20-34(30-15(24)9-3)19-36(32-17(26)11-5,33-18(27)12-6)21(29-14(23)8-2)35(20)31-16(25)10-4/h7-12H2,1-6H3. The molecule has 0 aromatic carbocycles. The Morgan fingerprint density at radius 3 is 1.47 bits per heavy atom. The quantitative estimate of drug-likeness (QED) is 0.297. The summed E-state index contributed by atoms with van der Waals surface area (Å²) in [6, 6.07) is 0. The predicted molar refractivity (Wildman–Crippen MR) is 125 cm³/mol. The smallest absolute Gasteiger partial charge is 0.408 e. The van der Waals surface area contributed by atoms with Crippen LogP contribution in [0.4, 0.5) is 0 Å². The molecule has 2 atom stereocenters. The van der Waals surface area contributed by atoms with E-state index in [9.17, 15) is 28.8 Å². The number of hydrogen-bond acceptors (Lipinski definition) is 15. The second-order valence-electron chi connectivity index (χ2n) is 6.49. The van der Waals surface area contributed by atoms with E-state index in [0.29, 0.717) is 9.21 Å². The monoisotopic (exact) mass is 573 g/mol. The van der Waals surface area contributed by atoms with Gasteiger partial charge < -0.3 is 27.8 Å². The predicted octanol–water partition coefficient (Wildman–Crippen LogP) is 4.55. The summed E-state index contributed by atoms with van der Waals surface area (Å²) in [7, 11) is -10.1. The number of carbonyl (C=O) groups excluding carboxylic acids is 6. The maximum absolute atomic E-state index is 12.4. The van der Waals surface area contributed by atoms with Gasteiger partial charge in [0.2, 0.25) is 0 Å². The molecule has 204 valence electrons. The van der Waals surface area contributed by atoms with Gasteiger partial charge in [-0.3, -0.25) is 28.8 Å². The first-order chi connectivity index (χ1) is 17.0. The van der Waals surface area contributed by atoms with E-state index in [1.54, 1.807) is 0 Å². The van der Waals surface area contributed by atoms with E-state index >= 15 is 0 Å². The van der Waals surface area contributed by atoms with Gasteiger partial charge in [-0.25, -0.2) is 0 Å². The molecule has 18 heteroatoms. The van der Waals surface area contributed by atoms with Crippen LogP contribution >= 0.6 is 24.6 Å². The molecule has 0 saturated carbocycles. The summed E-state index contributed by atoms with van der Waals surface area (Å²) in [6.07, 6.45) is -1.03. The topological polar surface area (TPSA) is 177 Å². The van der Waals surface area contributed by atoms with Gasteiger partial charge >= 0.3 is 60.4 Å². The molecule has 0 aliphatic carbocycles. The summed E-state index contributed by atoms with van der Waals surface area (Å²) in [6.45, 7) is 8.76. The zero-order chi connectivity index (χ0) is 27.5. The van der Waals surface area contributed by atoms with Crippen molar-refractivity contribution in [1.29, 1.82) is 0 Å². The Labute approximate surface area is 211 Å². The first kappa shape index (κ1) is 31.9. The first-order valence-electron chi connectivity index (χ1n) is 11.1. The van der Waals surface area contributed by atoms with Crippen LogP contribution in [0, 0.1) is 0 Å². The Kier molecular flexibility index (Phi) is 13.4. The third-order valence-electron chi connectivity index (χ3n) is 3.75. The summed E-state index contributed by atoms with van der Waals surface area (Å²) < 4.78 is 27.0. The van der Waals surface area contributed by atoms with Crippen molar-refractivity contribution in [3.05, 3.63) is 0 Å². The Balaban J connectivity index is 3.98. The van der Waals surface area contributed by atoms with Crippen LogP contribution < -0.4 is 0 Å². The molecule has 0 radical (unpaired) electrons. The SMILES string of the molecule is CCC(=O)ON1P(OC(=O)CC)N=P(OC(=O)CC)(OC(=O)CC)N(OC(=O)CC)P1OC(=O)CC. The van der Waals surface area contributed by atoms with Crippen molar-refractivity contribution in [2.45, 2.75) is 80.1 Å². The van der Waals surface area contributed by atoms with Gasteiger partial charge in [0.15, 0.2) is 0 Å². The Hall–Kier alpha value is -2.17. The van der Waals surface area contributed by atoms with Crippen LogP contribution in [0.25, 0.3) is 0 Å². The molecular formula is C18H30N3O12P3. The molecule has 0 bridgehead atoms. The lowest BCUT2D eigenvalue weighted by Gasteiger charge is -2.41. The third-order valence-corrected chi connectivity index (χ3v) is 10.6. The molecule has 1 heterocycles. The molecule has 15 nitrogen and oxygen atoms in total. The molecule has 0 aromatic heterocycles. The fourth-order valence-electron chi connectivity index (χ4n) is 1.81. The maximum atomic E-state index is 12.4. The van der Waals surface area contributed by atoms with Crippen molar-refractivity contribution in [2.24, 2.45) is 4.52 Å². The van der Waals surface area contributed by atoms with Crippen molar-refractivity contribution < 1.29 is 56.5 Å². The fraction of sp³-hybridized carbons (Fsp3) is 0.667. The molecule has 0 fully saturated rings. The van der Waals surface area contributed by atoms with Crippen LogP contribution in [0.15, 0.2) is 4.52 Å². The molecular weight excluding hydrogens is 543 g/mol. The molecule has 1 rings (SSSR count). The summed E-state index contributed by atoms with van der Waals surface area (Å²) >= 11 is 0. The van der Waals surface area contributed by atoms with Gasteiger partial charge in [0.05, 0.1) is 0 Å². The van der Waals surface area contributed by atoms with E-state index in [4.69, 9.17) is 27.8 Å². The average molecular weight is 573 g/mol. The summed E-state index contributed by atoms with van der Waals surface area (Å²) in [5.74, 6) is -5.24. The minimum atomic E-state index is -4.46. The first-order valence-corrected chi connectivity index (χ1v) is 15.0. The molecule has 0 spiro atoms. The van der Waals surface area contributed by atoms with E-state index in [-0.39, 0.29) is 38.5 Å². The maximum Gasteiger partial charge on any atom is 0.451 e. The van der Waals surface area contributed by atoms with Gasteiger partial charge in [-0.2, -0.15) is 0 Å². The lowest BCUT2D eigenvalue weighted by molar-refractivity contribution is -0.170. The fourth-order valence-corrected chi connectivity index (χ4v) is 9.29. The zero-order valence-electron chi connectivity index (χ0n) is 20.8. The summed E-state index contributed by atoms with van der Waals surface area (Å²) in [5.41, 5.74) is 0. The van der Waals surface area contributed by atoms with Crippen molar-refractivity contribution >= 4 is 60.4 Å². The second kappa shape index (κ2) is 15.2.